The Hall–Kier alpha value is -1.72. The average Bonchev–Trinajstić information content (AvgIpc) is 2.43. The molecule has 0 aliphatic heterocycles. The van der Waals surface area contributed by atoms with Crippen LogP contribution in [0.5, 0.6) is 0 Å². The molecule has 0 aromatic heterocycles. The van der Waals surface area contributed by atoms with E-state index in [0.29, 0.717) is 11.1 Å². The second-order valence-electron chi connectivity index (χ2n) is 4.69. The molecular weight excluding hydrogens is 300 g/mol. The second-order valence-corrected chi connectivity index (χ2v) is 7.26. The summed E-state index contributed by atoms with van der Waals surface area (Å²) in [6, 6.07) is 6.55. The van der Waals surface area contributed by atoms with Crippen LogP contribution >= 0.6 is 10.7 Å². The van der Waals surface area contributed by atoms with Crippen LogP contribution in [0.25, 0.3) is 0 Å². The van der Waals surface area contributed by atoms with E-state index in [4.69, 9.17) is 10.7 Å². The zero-order valence-corrected chi connectivity index (χ0v) is 11.7. The number of Topliss-reactive ketones (excluding diaryl/α,β-unsaturated/α-hetero) is 2. The Morgan fingerprint density at radius 2 is 1.50 bits per heavy atom. The fraction of sp³-hybridized carbons (Fsp3) is 0.143. The maximum atomic E-state index is 12.4. The lowest BCUT2D eigenvalue weighted by Crippen LogP contribution is -2.36. The van der Waals surface area contributed by atoms with Crippen LogP contribution in [0.15, 0.2) is 47.4 Å². The zero-order chi connectivity index (χ0) is 14.5. The summed E-state index contributed by atoms with van der Waals surface area (Å²) in [5, 5.41) is 0. The van der Waals surface area contributed by atoms with Crippen molar-refractivity contribution in [3.8, 4) is 0 Å². The summed E-state index contributed by atoms with van der Waals surface area (Å²) in [6.07, 6.45) is 3.99. The highest BCUT2D eigenvalue weighted by molar-refractivity contribution is 8.17. The molecule has 2 aliphatic carbocycles. The van der Waals surface area contributed by atoms with E-state index in [9.17, 15) is 18.0 Å². The van der Waals surface area contributed by atoms with E-state index < -0.39 is 20.9 Å². The Balaban J connectivity index is 2.15. The van der Waals surface area contributed by atoms with Crippen LogP contribution in [0.4, 0.5) is 0 Å². The highest BCUT2D eigenvalue weighted by atomic mass is 35.7. The molecule has 0 spiro atoms. The summed E-state index contributed by atoms with van der Waals surface area (Å²) < 4.78 is 22.7. The van der Waals surface area contributed by atoms with Gasteiger partial charge in [0, 0.05) is 21.8 Å². The topological polar surface area (TPSA) is 68.3 Å². The smallest absolute Gasteiger partial charge is 0.261 e. The molecule has 3 rings (SSSR count). The van der Waals surface area contributed by atoms with Gasteiger partial charge in [-0.1, -0.05) is 36.4 Å². The molecule has 0 saturated carbocycles. The molecule has 0 amide bonds. The molecule has 0 saturated heterocycles. The number of hydrogen-bond acceptors (Lipinski definition) is 4. The van der Waals surface area contributed by atoms with Crippen LogP contribution in [-0.4, -0.2) is 20.0 Å². The Kier molecular flexibility index (Phi) is 2.92. The van der Waals surface area contributed by atoms with Gasteiger partial charge in [0.2, 0.25) is 0 Å². The van der Waals surface area contributed by atoms with Gasteiger partial charge in [-0.2, -0.15) is 0 Å². The van der Waals surface area contributed by atoms with Crippen LogP contribution in [0.1, 0.15) is 20.7 Å². The highest BCUT2D eigenvalue weighted by Crippen LogP contribution is 2.36. The highest BCUT2D eigenvalue weighted by Gasteiger charge is 2.41. The van der Waals surface area contributed by atoms with Crippen molar-refractivity contribution in [1.29, 1.82) is 0 Å². The molecule has 0 heterocycles. The third-order valence-electron chi connectivity index (χ3n) is 3.54. The van der Waals surface area contributed by atoms with Crippen molar-refractivity contribution in [1.82, 2.24) is 0 Å². The number of halogens is 1. The number of fused-ring (bicyclic) bond motifs is 2. The number of rotatable bonds is 1. The molecule has 4 nitrogen and oxygen atoms in total. The van der Waals surface area contributed by atoms with Gasteiger partial charge in [0.15, 0.2) is 11.6 Å². The van der Waals surface area contributed by atoms with Crippen molar-refractivity contribution in [3.05, 3.63) is 58.5 Å². The van der Waals surface area contributed by atoms with Crippen LogP contribution < -0.4 is 0 Å². The van der Waals surface area contributed by atoms with Crippen molar-refractivity contribution < 1.29 is 18.0 Å². The maximum absolute atomic E-state index is 12.4. The van der Waals surface area contributed by atoms with Gasteiger partial charge in [0.05, 0.1) is 16.7 Å². The number of carbonyl (C=O) groups is 2. The van der Waals surface area contributed by atoms with E-state index in [2.05, 4.69) is 0 Å². The van der Waals surface area contributed by atoms with Crippen molar-refractivity contribution in [2.75, 3.05) is 0 Å². The van der Waals surface area contributed by atoms with E-state index in [-0.39, 0.29) is 16.5 Å². The lowest BCUT2D eigenvalue weighted by atomic mass is 9.72. The number of carbonyl (C=O) groups excluding carboxylic acids is 2. The number of allylic oxidation sites excluding steroid dienone is 3. The van der Waals surface area contributed by atoms with Crippen molar-refractivity contribution in [3.63, 3.8) is 0 Å². The Morgan fingerprint density at radius 3 is 2.05 bits per heavy atom. The minimum absolute atomic E-state index is 0.138. The molecule has 0 fully saturated rings. The van der Waals surface area contributed by atoms with Crippen molar-refractivity contribution in [2.45, 2.75) is 0 Å². The molecule has 0 N–H and O–H groups in total. The first-order valence-corrected chi connectivity index (χ1v) is 8.22. The van der Waals surface area contributed by atoms with Gasteiger partial charge in [0.1, 0.15) is 0 Å². The predicted octanol–water partition coefficient (Wildman–Crippen LogP) is 2.32. The summed E-state index contributed by atoms with van der Waals surface area (Å²) in [6.45, 7) is 0. The molecule has 20 heavy (non-hydrogen) atoms. The number of benzene rings is 1. The first kappa shape index (κ1) is 13.3. The fourth-order valence-electron chi connectivity index (χ4n) is 2.58. The first-order valence-electron chi connectivity index (χ1n) is 5.92. The van der Waals surface area contributed by atoms with E-state index >= 15 is 0 Å². The molecule has 0 unspecified atom stereocenters. The van der Waals surface area contributed by atoms with E-state index in [1.54, 1.807) is 24.3 Å². The third-order valence-corrected chi connectivity index (χ3v) is 4.91. The molecule has 102 valence electrons. The van der Waals surface area contributed by atoms with Gasteiger partial charge < -0.3 is 0 Å². The number of hydrogen-bond donors (Lipinski definition) is 0. The molecular formula is C14H9ClO4S. The van der Waals surface area contributed by atoms with Gasteiger partial charge in [-0.05, 0) is 6.08 Å². The molecule has 6 heteroatoms. The third kappa shape index (κ3) is 1.94. The van der Waals surface area contributed by atoms with Crippen LogP contribution in [0.2, 0.25) is 0 Å². The Bertz CT molecular complexity index is 789. The maximum Gasteiger partial charge on any atom is 0.261 e. The lowest BCUT2D eigenvalue weighted by Gasteiger charge is -2.29. The Morgan fingerprint density at radius 1 is 0.950 bits per heavy atom. The fourth-order valence-corrected chi connectivity index (χ4v) is 3.44. The van der Waals surface area contributed by atoms with E-state index in [0.717, 1.165) is 0 Å². The van der Waals surface area contributed by atoms with Crippen LogP contribution in [0, 0.1) is 11.8 Å². The SMILES string of the molecule is O=C1c2ccccc2C(=O)[C@H]2C=C(S(=O)(=O)Cl)C=C[C@H]12. The lowest BCUT2D eigenvalue weighted by molar-refractivity contribution is 0.0801. The van der Waals surface area contributed by atoms with Crippen LogP contribution in [-0.2, 0) is 9.05 Å². The minimum Gasteiger partial charge on any atom is -0.293 e. The van der Waals surface area contributed by atoms with Gasteiger partial charge in [-0.25, -0.2) is 8.42 Å². The van der Waals surface area contributed by atoms with Gasteiger partial charge in [-0.15, -0.1) is 0 Å². The molecule has 2 aliphatic rings. The van der Waals surface area contributed by atoms with E-state index in [1.165, 1.54) is 18.2 Å². The number of ketones is 2. The van der Waals surface area contributed by atoms with Crippen molar-refractivity contribution >= 4 is 31.3 Å². The predicted molar refractivity (Wildman–Crippen MR) is 74.1 cm³/mol. The summed E-state index contributed by atoms with van der Waals surface area (Å²) in [5.74, 6) is -1.89. The van der Waals surface area contributed by atoms with E-state index in [1.807, 2.05) is 0 Å². The standard InChI is InChI=1S/C14H9ClO4S/c15-20(18,19)8-5-6-11-12(7-8)14(17)10-4-2-1-3-9(10)13(11)16/h1-7,11-12H/t11-,12-/m0/s1. The molecule has 0 bridgehead atoms. The molecule has 2 atom stereocenters. The molecule has 1 aromatic carbocycles. The van der Waals surface area contributed by atoms with Crippen LogP contribution in [0.3, 0.4) is 0 Å². The second kappa shape index (κ2) is 4.40. The quantitative estimate of drug-likeness (QED) is 0.747. The molecule has 1 aromatic rings. The first-order chi connectivity index (χ1) is 9.39. The summed E-state index contributed by atoms with van der Waals surface area (Å²) in [4.78, 5) is 24.6. The largest absolute Gasteiger partial charge is 0.293 e. The summed E-state index contributed by atoms with van der Waals surface area (Å²) in [5.41, 5.74) is 0.714. The summed E-state index contributed by atoms with van der Waals surface area (Å²) in [7, 11) is 1.37. The monoisotopic (exact) mass is 308 g/mol. The molecule has 0 radical (unpaired) electrons. The van der Waals surface area contributed by atoms with Gasteiger partial charge in [-0.3, -0.25) is 9.59 Å². The van der Waals surface area contributed by atoms with Gasteiger partial charge in [0.25, 0.3) is 9.05 Å². The average molecular weight is 309 g/mol. The zero-order valence-electron chi connectivity index (χ0n) is 10.1. The van der Waals surface area contributed by atoms with Crippen molar-refractivity contribution in [2.24, 2.45) is 11.8 Å². The van der Waals surface area contributed by atoms with Gasteiger partial charge >= 0.3 is 0 Å². The summed E-state index contributed by atoms with van der Waals surface area (Å²) >= 11 is 0. The normalized spacial score (nSPS) is 24.9. The Labute approximate surface area is 120 Å². The minimum atomic E-state index is -3.91.